The standard InChI is InChI=1S/C10H7BrO3S/c1-15-9-6-4-5(11)2-3-7(6)14-8(9)10(12)13/h2-4H,1H3,(H,12,13). The maximum absolute atomic E-state index is 10.9. The molecule has 0 atom stereocenters. The molecule has 5 heteroatoms. The summed E-state index contributed by atoms with van der Waals surface area (Å²) in [5.41, 5.74) is 0.597. The van der Waals surface area contributed by atoms with Gasteiger partial charge in [0.25, 0.3) is 0 Å². The number of benzene rings is 1. The average Bonchev–Trinajstić information content (AvgIpc) is 2.55. The summed E-state index contributed by atoms with van der Waals surface area (Å²) in [6.07, 6.45) is 1.83. The molecule has 1 aromatic carbocycles. The lowest BCUT2D eigenvalue weighted by atomic mass is 10.2. The number of hydrogen-bond acceptors (Lipinski definition) is 3. The Hall–Kier alpha value is -0.940. The summed E-state index contributed by atoms with van der Waals surface area (Å²) in [7, 11) is 0. The molecule has 2 aromatic rings. The predicted molar refractivity (Wildman–Crippen MR) is 62.7 cm³/mol. The van der Waals surface area contributed by atoms with Crippen molar-refractivity contribution >= 4 is 44.6 Å². The molecule has 0 saturated carbocycles. The fourth-order valence-electron chi connectivity index (χ4n) is 1.39. The second-order valence-corrected chi connectivity index (χ2v) is 4.64. The molecule has 0 aliphatic rings. The van der Waals surface area contributed by atoms with Crippen LogP contribution in [0.25, 0.3) is 11.0 Å². The minimum absolute atomic E-state index is 0.00981. The number of aromatic carboxylic acids is 1. The molecule has 0 unspecified atom stereocenters. The fraction of sp³-hybridized carbons (Fsp3) is 0.100. The normalized spacial score (nSPS) is 10.8. The first-order valence-electron chi connectivity index (χ1n) is 4.13. The summed E-state index contributed by atoms with van der Waals surface area (Å²) in [6.45, 7) is 0. The number of halogens is 1. The first-order valence-corrected chi connectivity index (χ1v) is 6.14. The Balaban J connectivity index is 2.79. The van der Waals surface area contributed by atoms with E-state index in [1.807, 2.05) is 18.4 Å². The van der Waals surface area contributed by atoms with Crippen molar-refractivity contribution in [2.45, 2.75) is 4.90 Å². The Morgan fingerprint density at radius 1 is 1.53 bits per heavy atom. The highest BCUT2D eigenvalue weighted by Gasteiger charge is 2.19. The van der Waals surface area contributed by atoms with E-state index in [0.29, 0.717) is 10.5 Å². The van der Waals surface area contributed by atoms with Crippen molar-refractivity contribution in [2.75, 3.05) is 6.26 Å². The van der Waals surface area contributed by atoms with Gasteiger partial charge in [0.15, 0.2) is 0 Å². The van der Waals surface area contributed by atoms with Gasteiger partial charge in [-0.15, -0.1) is 11.8 Å². The fourth-order valence-corrected chi connectivity index (χ4v) is 2.45. The molecule has 15 heavy (non-hydrogen) atoms. The molecule has 0 bridgehead atoms. The molecule has 2 rings (SSSR count). The Labute approximate surface area is 98.6 Å². The number of rotatable bonds is 2. The minimum Gasteiger partial charge on any atom is -0.475 e. The number of hydrogen-bond donors (Lipinski definition) is 1. The highest BCUT2D eigenvalue weighted by atomic mass is 79.9. The summed E-state index contributed by atoms with van der Waals surface area (Å²) in [6, 6.07) is 5.43. The van der Waals surface area contributed by atoms with Crippen LogP contribution in [-0.2, 0) is 0 Å². The number of carbonyl (C=O) groups is 1. The Morgan fingerprint density at radius 3 is 2.87 bits per heavy atom. The molecular weight excluding hydrogens is 280 g/mol. The first-order chi connectivity index (χ1) is 7.13. The van der Waals surface area contributed by atoms with Gasteiger partial charge >= 0.3 is 5.97 Å². The number of thioether (sulfide) groups is 1. The molecule has 0 aliphatic carbocycles. The third kappa shape index (κ3) is 1.77. The van der Waals surface area contributed by atoms with Crippen molar-refractivity contribution in [3.8, 4) is 0 Å². The summed E-state index contributed by atoms with van der Waals surface area (Å²) >= 11 is 4.72. The van der Waals surface area contributed by atoms with Crippen molar-refractivity contribution in [1.29, 1.82) is 0 Å². The topological polar surface area (TPSA) is 50.4 Å². The lowest BCUT2D eigenvalue weighted by Gasteiger charge is -1.93. The SMILES string of the molecule is CSc1c(C(=O)O)oc2ccc(Br)cc12. The van der Waals surface area contributed by atoms with Crippen molar-refractivity contribution in [3.63, 3.8) is 0 Å². The van der Waals surface area contributed by atoms with Gasteiger partial charge in [-0.2, -0.15) is 0 Å². The number of carboxylic acids is 1. The number of carboxylic acid groups (broad SMARTS) is 1. The van der Waals surface area contributed by atoms with Crippen LogP contribution in [-0.4, -0.2) is 17.3 Å². The van der Waals surface area contributed by atoms with Crippen LogP contribution in [0.2, 0.25) is 0 Å². The van der Waals surface area contributed by atoms with Crippen LogP contribution in [0.1, 0.15) is 10.6 Å². The molecule has 3 nitrogen and oxygen atoms in total. The van der Waals surface area contributed by atoms with Gasteiger partial charge < -0.3 is 9.52 Å². The lowest BCUT2D eigenvalue weighted by molar-refractivity contribution is 0.0660. The Morgan fingerprint density at radius 2 is 2.27 bits per heavy atom. The molecule has 1 N–H and O–H groups in total. The van der Waals surface area contributed by atoms with E-state index in [-0.39, 0.29) is 5.76 Å². The predicted octanol–water partition coefficient (Wildman–Crippen LogP) is 3.62. The van der Waals surface area contributed by atoms with Gasteiger partial charge in [-0.3, -0.25) is 0 Å². The van der Waals surface area contributed by atoms with Crippen LogP contribution >= 0.6 is 27.7 Å². The van der Waals surface area contributed by atoms with Crippen molar-refractivity contribution in [3.05, 3.63) is 28.4 Å². The Kier molecular flexibility index (Phi) is 2.75. The van der Waals surface area contributed by atoms with Gasteiger partial charge in [-0.1, -0.05) is 15.9 Å². The zero-order chi connectivity index (χ0) is 11.0. The third-order valence-corrected chi connectivity index (χ3v) is 3.31. The maximum atomic E-state index is 10.9. The van der Waals surface area contributed by atoms with Gasteiger partial charge in [-0.05, 0) is 24.5 Å². The zero-order valence-corrected chi connectivity index (χ0v) is 10.2. The van der Waals surface area contributed by atoms with E-state index in [1.165, 1.54) is 11.8 Å². The largest absolute Gasteiger partial charge is 0.475 e. The van der Waals surface area contributed by atoms with Crippen LogP contribution in [0, 0.1) is 0 Å². The van der Waals surface area contributed by atoms with Gasteiger partial charge in [-0.25, -0.2) is 4.79 Å². The van der Waals surface area contributed by atoms with E-state index in [2.05, 4.69) is 15.9 Å². The summed E-state index contributed by atoms with van der Waals surface area (Å²) in [5.74, 6) is -1.03. The number of fused-ring (bicyclic) bond motifs is 1. The van der Waals surface area contributed by atoms with E-state index in [9.17, 15) is 4.79 Å². The van der Waals surface area contributed by atoms with Crippen molar-refractivity contribution in [2.24, 2.45) is 0 Å². The smallest absolute Gasteiger partial charge is 0.373 e. The van der Waals surface area contributed by atoms with E-state index in [1.54, 1.807) is 6.07 Å². The highest BCUT2D eigenvalue weighted by molar-refractivity contribution is 9.10. The zero-order valence-electron chi connectivity index (χ0n) is 7.78. The lowest BCUT2D eigenvalue weighted by Crippen LogP contribution is -1.94. The van der Waals surface area contributed by atoms with Crippen LogP contribution in [0.5, 0.6) is 0 Å². The molecule has 0 spiro atoms. The summed E-state index contributed by atoms with van der Waals surface area (Å²) < 4.78 is 6.17. The van der Waals surface area contributed by atoms with Crippen molar-refractivity contribution < 1.29 is 14.3 Å². The molecular formula is C10H7BrO3S. The quantitative estimate of drug-likeness (QED) is 0.857. The molecule has 0 radical (unpaired) electrons. The van der Waals surface area contributed by atoms with Gasteiger partial charge in [0, 0.05) is 9.86 Å². The van der Waals surface area contributed by atoms with E-state index in [0.717, 1.165) is 9.86 Å². The highest BCUT2D eigenvalue weighted by Crippen LogP contribution is 2.34. The van der Waals surface area contributed by atoms with Crippen LogP contribution in [0.15, 0.2) is 32.0 Å². The van der Waals surface area contributed by atoms with Crippen LogP contribution in [0.3, 0.4) is 0 Å². The third-order valence-electron chi connectivity index (χ3n) is 2.00. The van der Waals surface area contributed by atoms with E-state index in [4.69, 9.17) is 9.52 Å². The second kappa shape index (κ2) is 3.90. The maximum Gasteiger partial charge on any atom is 0.373 e. The molecule has 1 heterocycles. The second-order valence-electron chi connectivity index (χ2n) is 2.91. The van der Waals surface area contributed by atoms with E-state index >= 15 is 0 Å². The van der Waals surface area contributed by atoms with Crippen LogP contribution in [0.4, 0.5) is 0 Å². The Bertz CT molecular complexity index is 533. The molecule has 0 saturated heterocycles. The van der Waals surface area contributed by atoms with Crippen molar-refractivity contribution in [1.82, 2.24) is 0 Å². The summed E-state index contributed by atoms with van der Waals surface area (Å²) in [4.78, 5) is 11.6. The molecule has 0 fully saturated rings. The van der Waals surface area contributed by atoms with E-state index < -0.39 is 5.97 Å². The molecule has 0 amide bonds. The average molecular weight is 287 g/mol. The van der Waals surface area contributed by atoms with Gasteiger partial charge in [0.2, 0.25) is 5.76 Å². The molecule has 0 aliphatic heterocycles. The monoisotopic (exact) mass is 286 g/mol. The summed E-state index contributed by atoms with van der Waals surface area (Å²) in [5, 5.41) is 9.78. The number of furan rings is 1. The molecule has 1 aromatic heterocycles. The first kappa shape index (κ1) is 10.6. The minimum atomic E-state index is -1.04. The van der Waals surface area contributed by atoms with Crippen LogP contribution < -0.4 is 0 Å². The van der Waals surface area contributed by atoms with Gasteiger partial charge in [0.05, 0.1) is 4.90 Å². The molecule has 78 valence electrons. The van der Waals surface area contributed by atoms with Gasteiger partial charge in [0.1, 0.15) is 5.58 Å².